The summed E-state index contributed by atoms with van der Waals surface area (Å²) >= 11 is 0. The van der Waals surface area contributed by atoms with Crippen LogP contribution in [0, 0.1) is 19.7 Å². The van der Waals surface area contributed by atoms with Gasteiger partial charge < -0.3 is 36.8 Å². The Bertz CT molecular complexity index is 1940. The van der Waals surface area contributed by atoms with Gasteiger partial charge in [0, 0.05) is 28.8 Å². The Balaban J connectivity index is 1.66. The van der Waals surface area contributed by atoms with Gasteiger partial charge in [0.15, 0.2) is 0 Å². The molecule has 306 valence electrons. The molecule has 1 heterocycles. The molecular weight excluding hydrogens is 774 g/mol. The van der Waals surface area contributed by atoms with Crippen LogP contribution in [0.4, 0.5) is 4.39 Å². The Morgan fingerprint density at radius 2 is 1.49 bits per heavy atom. The van der Waals surface area contributed by atoms with Gasteiger partial charge in [-0.25, -0.2) is 9.18 Å². The van der Waals surface area contributed by atoms with Gasteiger partial charge >= 0.3 is 5.97 Å². The van der Waals surface area contributed by atoms with E-state index >= 15 is 0 Å². The Morgan fingerprint density at radius 1 is 0.877 bits per heavy atom. The monoisotopic (exact) mass is 823 g/mol. The third-order valence-electron chi connectivity index (χ3n) is 9.59. The molecule has 3 aromatic rings. The highest BCUT2D eigenvalue weighted by molar-refractivity contribution is 8.77. The van der Waals surface area contributed by atoms with Gasteiger partial charge in [0.25, 0.3) is 0 Å². The van der Waals surface area contributed by atoms with Gasteiger partial charge in [-0.15, -0.1) is 0 Å². The summed E-state index contributed by atoms with van der Waals surface area (Å²) in [6.45, 7) is 9.89. The average molecular weight is 824 g/mol. The number of phenolic OH excluding ortho intramolecular Hbond substituents is 1. The van der Waals surface area contributed by atoms with Crippen molar-refractivity contribution in [1.82, 2.24) is 26.6 Å². The van der Waals surface area contributed by atoms with Crippen LogP contribution in [0.25, 0.3) is 0 Å². The lowest BCUT2D eigenvalue weighted by atomic mass is 9.97. The summed E-state index contributed by atoms with van der Waals surface area (Å²) < 4.78 is 11.5. The average Bonchev–Trinajstić information content (AvgIpc) is 3.14. The standard InChI is InChI=1S/C41H50FN5O8S2/c1-23-18-28(48)19-24(2)29(23)16-17-32(49)46-34-37(52)43-22-33(50)44-30(20-26-12-14-27(42)15-13-26)36(51)47-35(41(5,6)57-56-40(34,3)4)38(53)45-31(39(54)55)21-25-10-8-7-9-11-25/h7-15,18-19,30-31,34-35,48H,16-17,20-22H2,1-6H3,(H,43,52)(H,44,50)(H,45,53)(H,46,49)(H,47,51)(H,54,55)/t30-,31-,34-,35+/m0/s1. The number of rotatable bonds is 11. The molecular formula is C41H50FN5O8S2. The third kappa shape index (κ3) is 12.7. The molecule has 57 heavy (non-hydrogen) atoms. The van der Waals surface area contributed by atoms with E-state index in [0.717, 1.165) is 27.5 Å². The minimum atomic E-state index is -1.38. The summed E-state index contributed by atoms with van der Waals surface area (Å²) in [6.07, 6.45) is 0.204. The molecule has 0 unspecified atom stereocenters. The molecule has 1 fully saturated rings. The van der Waals surface area contributed by atoms with Crippen molar-refractivity contribution in [2.45, 2.75) is 101 Å². The Kier molecular flexibility index (Phi) is 15.2. The van der Waals surface area contributed by atoms with Crippen LogP contribution in [-0.2, 0) is 48.0 Å². The predicted molar refractivity (Wildman–Crippen MR) is 218 cm³/mol. The number of aryl methyl sites for hydroxylation is 2. The summed E-state index contributed by atoms with van der Waals surface area (Å²) in [6, 6.07) is 12.0. The molecule has 16 heteroatoms. The van der Waals surface area contributed by atoms with Crippen molar-refractivity contribution < 1.29 is 43.4 Å². The van der Waals surface area contributed by atoms with Crippen molar-refractivity contribution >= 4 is 57.1 Å². The molecule has 7 N–H and O–H groups in total. The van der Waals surface area contributed by atoms with Crippen LogP contribution in [0.15, 0.2) is 66.7 Å². The first-order valence-corrected chi connectivity index (χ1v) is 20.5. The van der Waals surface area contributed by atoms with Gasteiger partial charge in [-0.1, -0.05) is 64.1 Å². The number of aromatic hydroxyl groups is 1. The summed E-state index contributed by atoms with van der Waals surface area (Å²) in [5.41, 5.74) is 3.66. The molecule has 13 nitrogen and oxygen atoms in total. The SMILES string of the molecule is Cc1cc(O)cc(C)c1CCC(=O)N[C@H]1C(=O)NCC(=O)N[C@@H](Cc2ccc(F)cc2)C(=O)N[C@H](C(=O)N[C@@H](Cc2ccccc2)C(=O)O)C(C)(C)SSC1(C)C. The molecule has 0 radical (unpaired) electrons. The maximum atomic E-state index is 14.2. The van der Waals surface area contributed by atoms with Gasteiger partial charge in [0.05, 0.1) is 6.54 Å². The zero-order chi connectivity index (χ0) is 42.1. The van der Waals surface area contributed by atoms with Crippen LogP contribution in [0.3, 0.4) is 0 Å². The topological polar surface area (TPSA) is 203 Å². The van der Waals surface area contributed by atoms with Crippen LogP contribution in [0.2, 0.25) is 0 Å². The molecule has 0 aliphatic carbocycles. The molecule has 3 aromatic carbocycles. The fourth-order valence-electron chi connectivity index (χ4n) is 6.39. The number of carboxylic acid groups (broad SMARTS) is 1. The molecule has 1 aliphatic rings. The van der Waals surface area contributed by atoms with Gasteiger partial charge in [0.1, 0.15) is 35.7 Å². The number of carboxylic acids is 1. The zero-order valence-corrected chi connectivity index (χ0v) is 34.4. The van der Waals surface area contributed by atoms with E-state index in [-0.39, 0.29) is 25.0 Å². The Morgan fingerprint density at radius 3 is 2.11 bits per heavy atom. The minimum absolute atomic E-state index is 0.0170. The minimum Gasteiger partial charge on any atom is -0.508 e. The lowest BCUT2D eigenvalue weighted by Gasteiger charge is -2.39. The number of aliphatic carboxylic acids is 1. The second-order valence-electron chi connectivity index (χ2n) is 15.1. The lowest BCUT2D eigenvalue weighted by Crippen LogP contribution is -2.63. The van der Waals surface area contributed by atoms with Crippen LogP contribution in [-0.4, -0.2) is 85.9 Å². The second kappa shape index (κ2) is 19.4. The molecule has 0 saturated carbocycles. The quantitative estimate of drug-likeness (QED) is 0.140. The van der Waals surface area contributed by atoms with E-state index in [9.17, 15) is 43.4 Å². The predicted octanol–water partition coefficient (Wildman–Crippen LogP) is 3.66. The van der Waals surface area contributed by atoms with E-state index in [0.29, 0.717) is 17.5 Å². The molecule has 4 rings (SSSR count). The molecule has 0 spiro atoms. The molecule has 4 atom stereocenters. The van der Waals surface area contributed by atoms with E-state index in [4.69, 9.17) is 0 Å². The molecule has 0 aromatic heterocycles. The van der Waals surface area contributed by atoms with E-state index in [1.807, 2.05) is 13.8 Å². The third-order valence-corrected chi connectivity index (χ3v) is 13.8. The summed E-state index contributed by atoms with van der Waals surface area (Å²) in [4.78, 5) is 81.3. The van der Waals surface area contributed by atoms with Crippen molar-refractivity contribution in [2.24, 2.45) is 0 Å². The van der Waals surface area contributed by atoms with Crippen molar-refractivity contribution in [2.75, 3.05) is 6.54 Å². The fraction of sp³-hybridized carbons (Fsp3) is 0.415. The number of carbonyl (C=O) groups is 6. The van der Waals surface area contributed by atoms with Crippen LogP contribution in [0.1, 0.15) is 61.9 Å². The maximum Gasteiger partial charge on any atom is 0.326 e. The summed E-state index contributed by atoms with van der Waals surface area (Å²) in [7, 11) is 2.33. The number of halogens is 1. The molecule has 5 amide bonds. The van der Waals surface area contributed by atoms with Gasteiger partial charge in [0.2, 0.25) is 29.5 Å². The number of benzene rings is 3. The van der Waals surface area contributed by atoms with Crippen molar-refractivity contribution in [3.8, 4) is 5.75 Å². The first-order valence-electron chi connectivity index (χ1n) is 18.4. The smallest absolute Gasteiger partial charge is 0.326 e. The number of amides is 5. The Hall–Kier alpha value is -5.09. The highest BCUT2D eigenvalue weighted by Crippen LogP contribution is 2.46. The number of hydrogen-bond acceptors (Lipinski definition) is 9. The van der Waals surface area contributed by atoms with Gasteiger partial charge in [-0.3, -0.25) is 24.0 Å². The summed E-state index contributed by atoms with van der Waals surface area (Å²) in [5, 5.41) is 33.4. The molecule has 1 saturated heterocycles. The van der Waals surface area contributed by atoms with Gasteiger partial charge in [-0.05, 0) is 100 Å². The van der Waals surface area contributed by atoms with Crippen molar-refractivity contribution in [3.05, 3.63) is 100 Å². The molecule has 0 bridgehead atoms. The lowest BCUT2D eigenvalue weighted by molar-refractivity contribution is -0.142. The highest BCUT2D eigenvalue weighted by atomic mass is 33.1. The van der Waals surface area contributed by atoms with Crippen molar-refractivity contribution in [3.63, 3.8) is 0 Å². The second-order valence-corrected chi connectivity index (χ2v) is 18.6. The van der Waals surface area contributed by atoms with Crippen LogP contribution < -0.4 is 26.6 Å². The van der Waals surface area contributed by atoms with Crippen molar-refractivity contribution in [1.29, 1.82) is 0 Å². The van der Waals surface area contributed by atoms with Crippen LogP contribution in [0.5, 0.6) is 5.75 Å². The van der Waals surface area contributed by atoms with E-state index in [1.165, 1.54) is 35.1 Å². The van der Waals surface area contributed by atoms with E-state index in [2.05, 4.69) is 26.6 Å². The van der Waals surface area contributed by atoms with E-state index in [1.54, 1.807) is 70.2 Å². The highest BCUT2D eigenvalue weighted by Gasteiger charge is 2.44. The first kappa shape index (κ1) is 44.6. The fourth-order valence-corrected chi connectivity index (χ4v) is 9.21. The van der Waals surface area contributed by atoms with Crippen LogP contribution >= 0.6 is 21.6 Å². The number of phenols is 1. The molecule has 1 aliphatic heterocycles. The number of carbonyl (C=O) groups excluding carboxylic acids is 5. The summed E-state index contributed by atoms with van der Waals surface area (Å²) in [5.74, 6) is -5.10. The zero-order valence-electron chi connectivity index (χ0n) is 32.7. The largest absolute Gasteiger partial charge is 0.508 e. The maximum absolute atomic E-state index is 14.2. The normalized spacial score (nSPS) is 20.5. The first-order chi connectivity index (χ1) is 26.7. The Labute approximate surface area is 339 Å². The van der Waals surface area contributed by atoms with Gasteiger partial charge in [-0.2, -0.15) is 0 Å². The number of hydrogen-bond donors (Lipinski definition) is 7. The van der Waals surface area contributed by atoms with E-state index < -0.39 is 81.5 Å². The number of nitrogens with one attached hydrogen (secondary N) is 5.